The molecule has 0 saturated carbocycles. The van der Waals surface area contributed by atoms with Crippen molar-refractivity contribution in [3.05, 3.63) is 55.1 Å². The quantitative estimate of drug-likeness (QED) is 0.566. The summed E-state index contributed by atoms with van der Waals surface area (Å²) in [5.74, 6) is 0.848. The van der Waals surface area contributed by atoms with Crippen molar-refractivity contribution in [3.8, 4) is 0 Å². The van der Waals surface area contributed by atoms with Crippen molar-refractivity contribution in [2.75, 3.05) is 21.7 Å². The second-order valence-electron chi connectivity index (χ2n) is 5.23. The van der Waals surface area contributed by atoms with E-state index in [0.717, 1.165) is 11.4 Å². The van der Waals surface area contributed by atoms with E-state index in [1.807, 2.05) is 24.3 Å². The van der Waals surface area contributed by atoms with Crippen LogP contribution in [-0.2, 0) is 4.79 Å². The Bertz CT molecular complexity index is 866. The van der Waals surface area contributed by atoms with Crippen LogP contribution in [0, 0.1) is 0 Å². The molecule has 0 spiro atoms. The van der Waals surface area contributed by atoms with E-state index < -0.39 is 0 Å². The fraction of sp³-hybridized carbons (Fsp3) is 0.0588. The summed E-state index contributed by atoms with van der Waals surface area (Å²) in [6, 6.07) is 10.9. The number of amides is 1. The van der Waals surface area contributed by atoms with Crippen LogP contribution in [0.1, 0.15) is 6.92 Å². The molecule has 0 unspecified atom stereocenters. The monoisotopic (exact) mass is 335 g/mol. The summed E-state index contributed by atoms with van der Waals surface area (Å²) in [7, 11) is 0. The number of benzene rings is 1. The van der Waals surface area contributed by atoms with Crippen molar-refractivity contribution in [1.82, 2.24) is 15.0 Å². The number of rotatable bonds is 5. The standard InChI is InChI=1S/C17H17N7O/c1-11(25)22-12-4-6-13(7-5-12)23-16-15(18)17(21-10-20-16)24-14-3-2-8-19-9-14/h2-10H,18H2,1H3,(H,22,25)(H2,20,21,23,24). The molecule has 0 atom stereocenters. The van der Waals surface area contributed by atoms with Crippen molar-refractivity contribution in [3.63, 3.8) is 0 Å². The highest BCUT2D eigenvalue weighted by atomic mass is 16.1. The lowest BCUT2D eigenvalue weighted by atomic mass is 10.2. The van der Waals surface area contributed by atoms with Gasteiger partial charge < -0.3 is 21.7 Å². The Balaban J connectivity index is 1.76. The van der Waals surface area contributed by atoms with Gasteiger partial charge in [0.15, 0.2) is 11.6 Å². The largest absolute Gasteiger partial charge is 0.393 e. The molecule has 8 heteroatoms. The van der Waals surface area contributed by atoms with E-state index in [4.69, 9.17) is 5.73 Å². The number of hydrogen-bond acceptors (Lipinski definition) is 7. The van der Waals surface area contributed by atoms with Crippen LogP contribution in [-0.4, -0.2) is 20.9 Å². The van der Waals surface area contributed by atoms with E-state index in [1.165, 1.54) is 13.3 Å². The number of nitrogens with one attached hydrogen (secondary N) is 3. The van der Waals surface area contributed by atoms with Gasteiger partial charge in [0.25, 0.3) is 0 Å². The topological polar surface area (TPSA) is 118 Å². The molecule has 2 aromatic heterocycles. The summed E-state index contributed by atoms with van der Waals surface area (Å²) in [4.78, 5) is 23.4. The van der Waals surface area contributed by atoms with Crippen molar-refractivity contribution >= 4 is 40.3 Å². The molecule has 0 bridgehead atoms. The van der Waals surface area contributed by atoms with Gasteiger partial charge in [0.1, 0.15) is 12.0 Å². The fourth-order valence-electron chi connectivity index (χ4n) is 2.15. The number of anilines is 6. The molecule has 126 valence electrons. The molecular formula is C17H17N7O. The molecular weight excluding hydrogens is 318 g/mol. The maximum Gasteiger partial charge on any atom is 0.221 e. The summed E-state index contributed by atoms with van der Waals surface area (Å²) in [5.41, 5.74) is 8.81. The lowest BCUT2D eigenvalue weighted by Crippen LogP contribution is -2.06. The van der Waals surface area contributed by atoms with E-state index in [2.05, 4.69) is 30.9 Å². The number of aromatic nitrogens is 3. The predicted molar refractivity (Wildman–Crippen MR) is 98.0 cm³/mol. The van der Waals surface area contributed by atoms with E-state index in [9.17, 15) is 4.79 Å². The van der Waals surface area contributed by atoms with Crippen molar-refractivity contribution in [2.45, 2.75) is 6.92 Å². The summed E-state index contributed by atoms with van der Waals surface area (Å²) < 4.78 is 0. The van der Waals surface area contributed by atoms with E-state index in [0.29, 0.717) is 23.0 Å². The van der Waals surface area contributed by atoms with Gasteiger partial charge in [0.05, 0.1) is 11.9 Å². The SMILES string of the molecule is CC(=O)Nc1ccc(Nc2ncnc(Nc3cccnc3)c2N)cc1. The first kappa shape index (κ1) is 16.2. The Morgan fingerprint density at radius 1 is 0.960 bits per heavy atom. The van der Waals surface area contributed by atoms with Gasteiger partial charge in [0.2, 0.25) is 5.91 Å². The molecule has 0 radical (unpaired) electrons. The number of carbonyl (C=O) groups excluding carboxylic acids is 1. The zero-order valence-corrected chi connectivity index (χ0v) is 13.5. The summed E-state index contributed by atoms with van der Waals surface area (Å²) in [5, 5.41) is 8.95. The smallest absolute Gasteiger partial charge is 0.221 e. The molecule has 3 aromatic rings. The summed E-state index contributed by atoms with van der Waals surface area (Å²) in [6.45, 7) is 1.46. The first-order valence-corrected chi connectivity index (χ1v) is 7.54. The lowest BCUT2D eigenvalue weighted by Gasteiger charge is -2.12. The Morgan fingerprint density at radius 3 is 2.20 bits per heavy atom. The highest BCUT2D eigenvalue weighted by molar-refractivity contribution is 5.89. The number of nitrogens with zero attached hydrogens (tertiary/aromatic N) is 3. The number of hydrogen-bond donors (Lipinski definition) is 4. The van der Waals surface area contributed by atoms with Crippen LogP contribution in [0.15, 0.2) is 55.1 Å². The van der Waals surface area contributed by atoms with Gasteiger partial charge in [-0.3, -0.25) is 9.78 Å². The molecule has 0 aliphatic rings. The summed E-state index contributed by atoms with van der Waals surface area (Å²) in [6.07, 6.45) is 4.78. The molecule has 1 amide bonds. The van der Waals surface area contributed by atoms with Gasteiger partial charge in [-0.05, 0) is 36.4 Å². The zero-order chi connectivity index (χ0) is 17.6. The highest BCUT2D eigenvalue weighted by Crippen LogP contribution is 2.28. The first-order valence-electron chi connectivity index (χ1n) is 7.54. The van der Waals surface area contributed by atoms with Crippen LogP contribution in [0.25, 0.3) is 0 Å². The van der Waals surface area contributed by atoms with Gasteiger partial charge in [-0.2, -0.15) is 0 Å². The molecule has 0 aliphatic carbocycles. The van der Waals surface area contributed by atoms with Gasteiger partial charge in [-0.1, -0.05) is 0 Å². The van der Waals surface area contributed by atoms with Crippen LogP contribution in [0.5, 0.6) is 0 Å². The number of carbonyl (C=O) groups is 1. The highest BCUT2D eigenvalue weighted by Gasteiger charge is 2.09. The van der Waals surface area contributed by atoms with Crippen LogP contribution >= 0.6 is 0 Å². The minimum atomic E-state index is -0.119. The second-order valence-corrected chi connectivity index (χ2v) is 5.23. The Labute approximate surface area is 144 Å². The Hall–Kier alpha value is -3.68. The maximum absolute atomic E-state index is 11.0. The third-order valence-electron chi connectivity index (χ3n) is 3.28. The second kappa shape index (κ2) is 7.26. The van der Waals surface area contributed by atoms with Gasteiger partial charge in [-0.25, -0.2) is 9.97 Å². The number of pyridine rings is 1. The average Bonchev–Trinajstić information content (AvgIpc) is 2.60. The number of nitrogen functional groups attached to an aromatic ring is 1. The Morgan fingerprint density at radius 2 is 1.60 bits per heavy atom. The van der Waals surface area contributed by atoms with E-state index >= 15 is 0 Å². The van der Waals surface area contributed by atoms with Crippen LogP contribution in [0.4, 0.5) is 34.4 Å². The summed E-state index contributed by atoms with van der Waals surface area (Å²) >= 11 is 0. The predicted octanol–water partition coefficient (Wildman–Crippen LogP) is 2.90. The Kier molecular flexibility index (Phi) is 4.70. The van der Waals surface area contributed by atoms with Gasteiger partial charge in [0, 0.05) is 24.5 Å². The molecule has 8 nitrogen and oxygen atoms in total. The van der Waals surface area contributed by atoms with Crippen molar-refractivity contribution in [2.24, 2.45) is 0 Å². The average molecular weight is 335 g/mol. The normalized spacial score (nSPS) is 10.1. The van der Waals surface area contributed by atoms with Crippen LogP contribution < -0.4 is 21.7 Å². The third-order valence-corrected chi connectivity index (χ3v) is 3.28. The maximum atomic E-state index is 11.0. The molecule has 2 heterocycles. The minimum absolute atomic E-state index is 0.119. The molecule has 1 aromatic carbocycles. The minimum Gasteiger partial charge on any atom is -0.393 e. The van der Waals surface area contributed by atoms with Crippen molar-refractivity contribution < 1.29 is 4.79 Å². The molecule has 0 saturated heterocycles. The van der Waals surface area contributed by atoms with Gasteiger partial charge >= 0.3 is 0 Å². The van der Waals surface area contributed by atoms with E-state index in [1.54, 1.807) is 24.5 Å². The zero-order valence-electron chi connectivity index (χ0n) is 13.5. The fourth-order valence-corrected chi connectivity index (χ4v) is 2.15. The molecule has 5 N–H and O–H groups in total. The first-order chi connectivity index (χ1) is 12.1. The van der Waals surface area contributed by atoms with E-state index in [-0.39, 0.29) is 5.91 Å². The van der Waals surface area contributed by atoms with Crippen LogP contribution in [0.2, 0.25) is 0 Å². The molecule has 0 aliphatic heterocycles. The van der Waals surface area contributed by atoms with Gasteiger partial charge in [-0.15, -0.1) is 0 Å². The van der Waals surface area contributed by atoms with Crippen molar-refractivity contribution in [1.29, 1.82) is 0 Å². The van der Waals surface area contributed by atoms with Crippen LogP contribution in [0.3, 0.4) is 0 Å². The third kappa shape index (κ3) is 4.20. The molecule has 0 fully saturated rings. The molecule has 3 rings (SSSR count). The molecule has 25 heavy (non-hydrogen) atoms. The number of nitrogens with two attached hydrogens (primary N) is 1. The lowest BCUT2D eigenvalue weighted by molar-refractivity contribution is -0.114.